The Morgan fingerprint density at radius 1 is 1.16 bits per heavy atom. The van der Waals surface area contributed by atoms with Gasteiger partial charge < -0.3 is 5.73 Å². The average Bonchev–Trinajstić information content (AvgIpc) is 2.92. The van der Waals surface area contributed by atoms with Crippen molar-refractivity contribution >= 4 is 0 Å². The molecule has 0 atom stereocenters. The molecule has 0 bridgehead atoms. The molecule has 1 aromatic heterocycles. The summed E-state index contributed by atoms with van der Waals surface area (Å²) in [6.07, 6.45) is 2.70. The summed E-state index contributed by atoms with van der Waals surface area (Å²) >= 11 is 0. The second-order valence-corrected chi connectivity index (χ2v) is 4.80. The van der Waals surface area contributed by atoms with Crippen LogP contribution in [0.5, 0.6) is 0 Å². The molecule has 0 amide bonds. The van der Waals surface area contributed by atoms with E-state index in [1.54, 1.807) is 0 Å². The third kappa shape index (κ3) is 2.54. The van der Waals surface area contributed by atoms with Crippen LogP contribution in [-0.4, -0.2) is 21.7 Å². The van der Waals surface area contributed by atoms with E-state index in [1.165, 1.54) is 5.56 Å². The number of nitrogens with two attached hydrogens (primary N) is 1. The lowest BCUT2D eigenvalue weighted by molar-refractivity contribution is 0.450. The highest BCUT2D eigenvalue weighted by atomic mass is 15.2. The molecule has 2 rings (SSSR count). The van der Waals surface area contributed by atoms with Gasteiger partial charge in [0.1, 0.15) is 5.82 Å². The molecule has 4 nitrogen and oxygen atoms in total. The van der Waals surface area contributed by atoms with Gasteiger partial charge in [-0.1, -0.05) is 44.2 Å². The molecular weight excluding hydrogens is 236 g/mol. The summed E-state index contributed by atoms with van der Waals surface area (Å²) in [6, 6.07) is 10.5. The van der Waals surface area contributed by atoms with Crippen molar-refractivity contribution < 1.29 is 0 Å². The molecule has 0 aliphatic carbocycles. The molecule has 0 saturated heterocycles. The first-order chi connectivity index (χ1) is 9.26. The summed E-state index contributed by atoms with van der Waals surface area (Å²) in [5.74, 6) is 1.76. The van der Waals surface area contributed by atoms with Gasteiger partial charge in [0.2, 0.25) is 0 Å². The lowest BCUT2D eigenvalue weighted by Crippen LogP contribution is -2.27. The first kappa shape index (κ1) is 13.7. The van der Waals surface area contributed by atoms with Crippen LogP contribution in [0.1, 0.15) is 43.9 Å². The van der Waals surface area contributed by atoms with Crippen molar-refractivity contribution in [3.8, 4) is 0 Å². The van der Waals surface area contributed by atoms with Crippen LogP contribution in [0.25, 0.3) is 0 Å². The van der Waals surface area contributed by atoms with E-state index in [9.17, 15) is 0 Å². The van der Waals surface area contributed by atoms with Gasteiger partial charge in [0, 0.05) is 6.42 Å². The zero-order valence-corrected chi connectivity index (χ0v) is 11.7. The van der Waals surface area contributed by atoms with Gasteiger partial charge in [0.25, 0.3) is 0 Å². The Balaban J connectivity index is 2.43. The number of H-pyrrole nitrogens is 1. The first-order valence-corrected chi connectivity index (χ1v) is 6.94. The van der Waals surface area contributed by atoms with Crippen LogP contribution in [0.2, 0.25) is 0 Å². The molecule has 0 unspecified atom stereocenters. The van der Waals surface area contributed by atoms with E-state index in [-0.39, 0.29) is 5.41 Å². The van der Waals surface area contributed by atoms with E-state index in [0.29, 0.717) is 6.54 Å². The molecule has 3 N–H and O–H groups in total. The third-order valence-electron chi connectivity index (χ3n) is 3.87. The summed E-state index contributed by atoms with van der Waals surface area (Å²) in [5.41, 5.74) is 6.74. The average molecular weight is 258 g/mol. The fourth-order valence-electron chi connectivity index (χ4n) is 2.62. The highest BCUT2D eigenvalue weighted by Crippen LogP contribution is 2.36. The Bertz CT molecular complexity index is 500. The van der Waals surface area contributed by atoms with Gasteiger partial charge in [0.15, 0.2) is 5.82 Å². The van der Waals surface area contributed by atoms with E-state index >= 15 is 0 Å². The van der Waals surface area contributed by atoms with Crippen LogP contribution in [0, 0.1) is 0 Å². The Morgan fingerprint density at radius 2 is 1.84 bits per heavy atom. The van der Waals surface area contributed by atoms with Crippen LogP contribution >= 0.6 is 0 Å². The van der Waals surface area contributed by atoms with E-state index in [0.717, 1.165) is 30.9 Å². The molecule has 1 aromatic carbocycles. The zero-order chi connectivity index (χ0) is 13.7. The highest BCUT2D eigenvalue weighted by molar-refractivity contribution is 5.32. The molecule has 19 heavy (non-hydrogen) atoms. The van der Waals surface area contributed by atoms with Crippen molar-refractivity contribution in [3.05, 3.63) is 47.5 Å². The van der Waals surface area contributed by atoms with Crippen molar-refractivity contribution in [2.24, 2.45) is 5.73 Å². The van der Waals surface area contributed by atoms with Crippen LogP contribution in [0.3, 0.4) is 0 Å². The Kier molecular flexibility index (Phi) is 4.32. The molecule has 0 radical (unpaired) electrons. The van der Waals surface area contributed by atoms with Gasteiger partial charge in [-0.25, -0.2) is 4.98 Å². The summed E-state index contributed by atoms with van der Waals surface area (Å²) in [6.45, 7) is 4.97. The Labute approximate surface area is 114 Å². The Hall–Kier alpha value is -1.68. The molecule has 0 aliphatic heterocycles. The largest absolute Gasteiger partial charge is 0.330 e. The van der Waals surface area contributed by atoms with E-state index in [2.05, 4.69) is 53.3 Å². The highest BCUT2D eigenvalue weighted by Gasteiger charge is 2.34. The number of rotatable bonds is 6. The van der Waals surface area contributed by atoms with Gasteiger partial charge in [-0.2, -0.15) is 5.10 Å². The number of aromatic nitrogens is 3. The van der Waals surface area contributed by atoms with Gasteiger partial charge in [-0.05, 0) is 24.9 Å². The fourth-order valence-corrected chi connectivity index (χ4v) is 2.62. The number of aromatic amines is 1. The zero-order valence-electron chi connectivity index (χ0n) is 11.7. The molecule has 1 heterocycles. The number of benzene rings is 1. The van der Waals surface area contributed by atoms with Crippen LogP contribution in [-0.2, 0) is 11.8 Å². The minimum Gasteiger partial charge on any atom is -0.330 e. The van der Waals surface area contributed by atoms with Crippen LogP contribution in [0.15, 0.2) is 30.3 Å². The van der Waals surface area contributed by atoms with Crippen LogP contribution < -0.4 is 5.73 Å². The number of nitrogens with one attached hydrogen (secondary N) is 1. The van der Waals surface area contributed by atoms with Crippen molar-refractivity contribution in [2.45, 2.75) is 38.5 Å². The molecule has 4 heteroatoms. The van der Waals surface area contributed by atoms with E-state index in [1.807, 2.05) is 6.07 Å². The number of hydrogen-bond acceptors (Lipinski definition) is 3. The maximum absolute atomic E-state index is 5.57. The lowest BCUT2D eigenvalue weighted by atomic mass is 9.75. The molecule has 102 valence electrons. The first-order valence-electron chi connectivity index (χ1n) is 6.94. The maximum Gasteiger partial charge on any atom is 0.161 e. The van der Waals surface area contributed by atoms with Gasteiger partial charge in [0.05, 0.1) is 5.41 Å². The number of hydrogen-bond donors (Lipinski definition) is 2. The predicted octanol–water partition coefficient (Wildman–Crippen LogP) is 2.41. The van der Waals surface area contributed by atoms with E-state index < -0.39 is 0 Å². The summed E-state index contributed by atoms with van der Waals surface area (Å²) in [4.78, 5) is 4.64. The topological polar surface area (TPSA) is 67.6 Å². The monoisotopic (exact) mass is 258 g/mol. The molecule has 0 saturated carbocycles. The maximum atomic E-state index is 5.57. The molecule has 2 aromatic rings. The van der Waals surface area contributed by atoms with Crippen molar-refractivity contribution in [1.29, 1.82) is 0 Å². The molecular formula is C15H22N4. The molecule has 0 fully saturated rings. The minimum absolute atomic E-state index is 0.107. The SMILES string of the molecule is CCC(CC)(c1ccccc1)c1n[nH]c(CCN)n1. The van der Waals surface area contributed by atoms with Gasteiger partial charge >= 0.3 is 0 Å². The quantitative estimate of drug-likeness (QED) is 0.836. The molecule has 0 spiro atoms. The summed E-state index contributed by atoms with van der Waals surface area (Å²) in [5, 5.41) is 7.44. The fraction of sp³-hybridized carbons (Fsp3) is 0.467. The van der Waals surface area contributed by atoms with Gasteiger partial charge in [-0.3, -0.25) is 5.10 Å². The Morgan fingerprint density at radius 3 is 2.42 bits per heavy atom. The lowest BCUT2D eigenvalue weighted by Gasteiger charge is -2.29. The normalized spacial score (nSPS) is 11.7. The third-order valence-corrected chi connectivity index (χ3v) is 3.87. The van der Waals surface area contributed by atoms with Crippen molar-refractivity contribution in [2.75, 3.05) is 6.54 Å². The van der Waals surface area contributed by atoms with Gasteiger partial charge in [-0.15, -0.1) is 0 Å². The molecule has 0 aliphatic rings. The number of nitrogens with zero attached hydrogens (tertiary/aromatic N) is 2. The summed E-state index contributed by atoms with van der Waals surface area (Å²) in [7, 11) is 0. The standard InChI is InChI=1S/C15H22N4/c1-3-15(4-2,12-8-6-5-7-9-12)14-17-13(10-11-16)18-19-14/h5-9H,3-4,10-11,16H2,1-2H3,(H,17,18,19). The summed E-state index contributed by atoms with van der Waals surface area (Å²) < 4.78 is 0. The predicted molar refractivity (Wildman–Crippen MR) is 76.9 cm³/mol. The second-order valence-electron chi connectivity index (χ2n) is 4.80. The van der Waals surface area contributed by atoms with Crippen molar-refractivity contribution in [3.63, 3.8) is 0 Å². The minimum atomic E-state index is -0.107. The van der Waals surface area contributed by atoms with Crippen LogP contribution in [0.4, 0.5) is 0 Å². The second kappa shape index (κ2) is 5.97. The van der Waals surface area contributed by atoms with E-state index in [4.69, 9.17) is 5.73 Å². The van der Waals surface area contributed by atoms with Crippen molar-refractivity contribution in [1.82, 2.24) is 15.2 Å². The smallest absolute Gasteiger partial charge is 0.161 e.